The van der Waals surface area contributed by atoms with Crippen LogP contribution >= 0.6 is 0 Å². The van der Waals surface area contributed by atoms with Crippen molar-refractivity contribution in [2.45, 2.75) is 26.2 Å². The first-order chi connectivity index (χ1) is 11.1. The number of amides is 2. The summed E-state index contributed by atoms with van der Waals surface area (Å²) in [5, 5.41) is 0. The van der Waals surface area contributed by atoms with Crippen LogP contribution in [0.5, 0.6) is 0 Å². The first-order valence-electron chi connectivity index (χ1n) is 8.19. The van der Waals surface area contributed by atoms with Gasteiger partial charge in [-0.2, -0.15) is 0 Å². The molecule has 0 radical (unpaired) electrons. The summed E-state index contributed by atoms with van der Waals surface area (Å²) in [7, 11) is 1.64. The van der Waals surface area contributed by atoms with Gasteiger partial charge < -0.3 is 19.0 Å². The van der Waals surface area contributed by atoms with Crippen molar-refractivity contribution in [2.75, 3.05) is 39.9 Å². The molecule has 0 N–H and O–H groups in total. The lowest BCUT2D eigenvalue weighted by Crippen LogP contribution is -2.50. The van der Waals surface area contributed by atoms with E-state index in [0.717, 1.165) is 25.8 Å². The van der Waals surface area contributed by atoms with Gasteiger partial charge in [0.05, 0.1) is 23.8 Å². The Morgan fingerprint density at radius 1 is 1.39 bits per heavy atom. The molecule has 23 heavy (non-hydrogen) atoms. The third-order valence-corrected chi connectivity index (χ3v) is 5.12. The highest BCUT2D eigenvalue weighted by Gasteiger charge is 2.49. The van der Waals surface area contributed by atoms with Gasteiger partial charge in [0, 0.05) is 33.3 Å². The van der Waals surface area contributed by atoms with Crippen molar-refractivity contribution in [3.05, 3.63) is 23.7 Å². The number of rotatable bonds is 4. The number of hydrogen-bond donors (Lipinski definition) is 0. The molecule has 0 aromatic carbocycles. The number of ether oxygens (including phenoxy) is 1. The topological polar surface area (TPSA) is 63.0 Å². The molecule has 1 atom stereocenters. The molecule has 2 saturated heterocycles. The Labute approximate surface area is 136 Å². The van der Waals surface area contributed by atoms with Crippen LogP contribution in [0.4, 0.5) is 0 Å². The minimum Gasteiger partial charge on any atom is -0.469 e. The Balaban J connectivity index is 1.72. The van der Waals surface area contributed by atoms with E-state index in [1.165, 1.54) is 6.26 Å². The zero-order valence-electron chi connectivity index (χ0n) is 13.8. The highest BCUT2D eigenvalue weighted by atomic mass is 16.5. The van der Waals surface area contributed by atoms with E-state index in [-0.39, 0.29) is 11.8 Å². The number of methoxy groups -OCH3 is 1. The number of carbonyl (C=O) groups is 2. The van der Waals surface area contributed by atoms with E-state index >= 15 is 0 Å². The number of likely N-dealkylation sites (tertiary alicyclic amines) is 2. The Hall–Kier alpha value is -1.82. The van der Waals surface area contributed by atoms with E-state index in [9.17, 15) is 9.59 Å². The van der Waals surface area contributed by atoms with E-state index in [1.807, 2.05) is 9.80 Å². The van der Waals surface area contributed by atoms with Crippen molar-refractivity contribution >= 4 is 11.8 Å². The van der Waals surface area contributed by atoms with Crippen LogP contribution in [0.3, 0.4) is 0 Å². The first-order valence-corrected chi connectivity index (χ1v) is 8.19. The van der Waals surface area contributed by atoms with Gasteiger partial charge in [0.15, 0.2) is 0 Å². The third kappa shape index (κ3) is 2.87. The molecule has 1 unspecified atom stereocenters. The summed E-state index contributed by atoms with van der Waals surface area (Å²) < 4.78 is 10.3. The van der Waals surface area contributed by atoms with Crippen molar-refractivity contribution < 1.29 is 18.7 Å². The molecule has 1 aromatic heterocycles. The summed E-state index contributed by atoms with van der Waals surface area (Å²) in [6.07, 6.45) is 4.09. The van der Waals surface area contributed by atoms with Crippen molar-refractivity contribution in [3.8, 4) is 0 Å². The number of piperidine rings is 1. The standard InChI is InChI=1S/C17H24N2O4/c1-13-14(4-10-23-13)15(20)19-7-3-5-17(12-19)6-8-18(16(17)21)9-11-22-2/h4,10H,3,5-9,11-12H2,1-2H3. The van der Waals surface area contributed by atoms with E-state index < -0.39 is 5.41 Å². The summed E-state index contributed by atoms with van der Waals surface area (Å²) in [5.74, 6) is 0.781. The predicted octanol–water partition coefficient (Wildman–Crippen LogP) is 1.69. The molecule has 3 rings (SSSR count). The monoisotopic (exact) mass is 320 g/mol. The highest BCUT2D eigenvalue weighted by Crippen LogP contribution is 2.40. The fourth-order valence-corrected chi connectivity index (χ4v) is 3.77. The molecule has 0 aliphatic carbocycles. The SMILES string of the molecule is COCCN1CCC2(CCCN(C(=O)c3ccoc3C)C2)C1=O. The van der Waals surface area contributed by atoms with Crippen LogP contribution in [0.2, 0.25) is 0 Å². The van der Waals surface area contributed by atoms with Crippen LogP contribution in [0.1, 0.15) is 35.4 Å². The maximum atomic E-state index is 12.8. The van der Waals surface area contributed by atoms with E-state index in [2.05, 4.69) is 0 Å². The summed E-state index contributed by atoms with van der Waals surface area (Å²) in [5.41, 5.74) is 0.197. The molecule has 0 saturated carbocycles. The molecule has 3 heterocycles. The number of aryl methyl sites for hydroxylation is 1. The molecule has 0 bridgehead atoms. The Bertz CT molecular complexity index is 597. The molecule has 2 aliphatic heterocycles. The second kappa shape index (κ2) is 6.35. The molecule has 2 fully saturated rings. The largest absolute Gasteiger partial charge is 0.469 e. The number of carbonyl (C=O) groups excluding carboxylic acids is 2. The normalized spacial score (nSPS) is 24.7. The molecule has 6 heteroatoms. The van der Waals surface area contributed by atoms with Crippen molar-refractivity contribution in [1.29, 1.82) is 0 Å². The lowest BCUT2D eigenvalue weighted by Gasteiger charge is -2.39. The fraction of sp³-hybridized carbons (Fsp3) is 0.647. The van der Waals surface area contributed by atoms with Gasteiger partial charge in [0.1, 0.15) is 5.76 Å². The molecule has 1 aromatic rings. The zero-order valence-corrected chi connectivity index (χ0v) is 13.8. The Morgan fingerprint density at radius 2 is 2.22 bits per heavy atom. The number of furan rings is 1. The molecule has 2 amide bonds. The van der Waals surface area contributed by atoms with Crippen LogP contribution in [0, 0.1) is 12.3 Å². The second-order valence-electron chi connectivity index (χ2n) is 6.54. The third-order valence-electron chi connectivity index (χ3n) is 5.12. The fourth-order valence-electron chi connectivity index (χ4n) is 3.77. The van der Waals surface area contributed by atoms with E-state index in [4.69, 9.17) is 9.15 Å². The summed E-state index contributed by atoms with van der Waals surface area (Å²) in [6, 6.07) is 1.71. The molecule has 126 valence electrons. The number of nitrogens with zero attached hydrogens (tertiary/aromatic N) is 2. The predicted molar refractivity (Wildman–Crippen MR) is 84.1 cm³/mol. The van der Waals surface area contributed by atoms with Gasteiger partial charge in [0.25, 0.3) is 5.91 Å². The van der Waals surface area contributed by atoms with Crippen molar-refractivity contribution in [3.63, 3.8) is 0 Å². The molecular weight excluding hydrogens is 296 g/mol. The average Bonchev–Trinajstić information content (AvgIpc) is 3.11. The molecular formula is C17H24N2O4. The average molecular weight is 320 g/mol. The smallest absolute Gasteiger partial charge is 0.257 e. The first kappa shape index (κ1) is 16.1. The van der Waals surface area contributed by atoms with Gasteiger partial charge >= 0.3 is 0 Å². The van der Waals surface area contributed by atoms with Crippen LogP contribution < -0.4 is 0 Å². The van der Waals surface area contributed by atoms with Gasteiger partial charge in [-0.15, -0.1) is 0 Å². The minimum atomic E-state index is -0.403. The number of hydrogen-bond acceptors (Lipinski definition) is 4. The van der Waals surface area contributed by atoms with Crippen molar-refractivity contribution in [2.24, 2.45) is 5.41 Å². The van der Waals surface area contributed by atoms with Crippen LogP contribution in [-0.2, 0) is 9.53 Å². The van der Waals surface area contributed by atoms with Crippen LogP contribution in [-0.4, -0.2) is 61.5 Å². The van der Waals surface area contributed by atoms with E-state index in [1.54, 1.807) is 20.1 Å². The van der Waals surface area contributed by atoms with E-state index in [0.29, 0.717) is 37.6 Å². The van der Waals surface area contributed by atoms with Gasteiger partial charge in [-0.25, -0.2) is 0 Å². The lowest BCUT2D eigenvalue weighted by molar-refractivity contribution is -0.138. The Kier molecular flexibility index (Phi) is 4.43. The molecule has 2 aliphatic rings. The molecule has 1 spiro atoms. The quantitative estimate of drug-likeness (QED) is 0.847. The van der Waals surface area contributed by atoms with Crippen molar-refractivity contribution in [1.82, 2.24) is 9.80 Å². The summed E-state index contributed by atoms with van der Waals surface area (Å²) >= 11 is 0. The van der Waals surface area contributed by atoms with Crippen LogP contribution in [0.25, 0.3) is 0 Å². The second-order valence-corrected chi connectivity index (χ2v) is 6.54. The van der Waals surface area contributed by atoms with Gasteiger partial charge in [-0.3, -0.25) is 9.59 Å². The summed E-state index contributed by atoms with van der Waals surface area (Å²) in [4.78, 5) is 29.2. The maximum absolute atomic E-state index is 12.8. The van der Waals surface area contributed by atoms with Crippen LogP contribution in [0.15, 0.2) is 16.7 Å². The minimum absolute atomic E-state index is 0.0292. The van der Waals surface area contributed by atoms with Gasteiger partial charge in [0.2, 0.25) is 5.91 Å². The lowest BCUT2D eigenvalue weighted by atomic mass is 9.78. The zero-order chi connectivity index (χ0) is 16.4. The maximum Gasteiger partial charge on any atom is 0.257 e. The molecule has 6 nitrogen and oxygen atoms in total. The Morgan fingerprint density at radius 3 is 2.91 bits per heavy atom. The highest BCUT2D eigenvalue weighted by molar-refractivity contribution is 5.96. The van der Waals surface area contributed by atoms with Gasteiger partial charge in [-0.1, -0.05) is 0 Å². The summed E-state index contributed by atoms with van der Waals surface area (Å²) in [6.45, 7) is 4.95. The van der Waals surface area contributed by atoms with Gasteiger partial charge in [-0.05, 0) is 32.3 Å².